The molecule has 0 saturated carbocycles. The van der Waals surface area contributed by atoms with E-state index in [-0.39, 0.29) is 0 Å². The van der Waals surface area contributed by atoms with Gasteiger partial charge in [-0.05, 0) is 37.1 Å². The lowest BCUT2D eigenvalue weighted by Crippen LogP contribution is -2.17. The molecule has 3 aromatic rings. The van der Waals surface area contributed by atoms with Crippen molar-refractivity contribution in [3.8, 4) is 0 Å². The van der Waals surface area contributed by atoms with Crippen molar-refractivity contribution < 1.29 is 0 Å². The normalized spacial score (nSPS) is 12.5. The standard InChI is InChI=1S/C16H15BrN2S/c1-11(9-12-5-3-2-4-6-12)18-16-19-14-10-13(17)7-8-15(14)20-16/h2-8,10-11H,9H2,1H3,(H,18,19). The number of benzene rings is 2. The highest BCUT2D eigenvalue weighted by Gasteiger charge is 2.08. The summed E-state index contributed by atoms with van der Waals surface area (Å²) >= 11 is 5.18. The van der Waals surface area contributed by atoms with Crippen LogP contribution in [0.15, 0.2) is 53.0 Å². The highest BCUT2D eigenvalue weighted by Crippen LogP contribution is 2.28. The predicted molar refractivity (Wildman–Crippen MR) is 90.6 cm³/mol. The second kappa shape index (κ2) is 5.94. The number of halogens is 1. The number of nitrogens with one attached hydrogen (secondary N) is 1. The fourth-order valence-electron chi connectivity index (χ4n) is 2.19. The van der Waals surface area contributed by atoms with Crippen LogP contribution in [0.4, 0.5) is 5.13 Å². The Morgan fingerprint density at radius 3 is 2.80 bits per heavy atom. The second-order valence-corrected chi connectivity index (χ2v) is 6.81. The Kier molecular flexibility index (Phi) is 4.03. The fraction of sp³-hybridized carbons (Fsp3) is 0.188. The van der Waals surface area contributed by atoms with Gasteiger partial charge in [0.25, 0.3) is 0 Å². The Morgan fingerprint density at radius 2 is 2.00 bits per heavy atom. The molecule has 0 aliphatic heterocycles. The number of hydrogen-bond acceptors (Lipinski definition) is 3. The minimum absolute atomic E-state index is 0.362. The summed E-state index contributed by atoms with van der Waals surface area (Å²) in [7, 11) is 0. The second-order valence-electron chi connectivity index (χ2n) is 4.87. The summed E-state index contributed by atoms with van der Waals surface area (Å²) in [4.78, 5) is 4.63. The van der Waals surface area contributed by atoms with Crippen molar-refractivity contribution in [3.05, 3.63) is 58.6 Å². The number of hydrogen-bond donors (Lipinski definition) is 1. The lowest BCUT2D eigenvalue weighted by atomic mass is 10.1. The first-order chi connectivity index (χ1) is 9.70. The van der Waals surface area contributed by atoms with Crippen molar-refractivity contribution in [2.24, 2.45) is 0 Å². The summed E-state index contributed by atoms with van der Waals surface area (Å²) in [5, 5.41) is 4.48. The Labute approximate surface area is 131 Å². The average Bonchev–Trinajstić information content (AvgIpc) is 2.80. The van der Waals surface area contributed by atoms with E-state index in [1.165, 1.54) is 10.3 Å². The molecule has 0 bridgehead atoms. The van der Waals surface area contributed by atoms with Gasteiger partial charge in [-0.3, -0.25) is 0 Å². The molecule has 1 unspecified atom stereocenters. The van der Waals surface area contributed by atoms with Crippen LogP contribution < -0.4 is 5.32 Å². The van der Waals surface area contributed by atoms with Gasteiger partial charge in [-0.1, -0.05) is 57.6 Å². The van der Waals surface area contributed by atoms with Gasteiger partial charge < -0.3 is 5.32 Å². The zero-order valence-corrected chi connectivity index (χ0v) is 13.5. The SMILES string of the molecule is CC(Cc1ccccc1)Nc1nc2cc(Br)ccc2s1. The van der Waals surface area contributed by atoms with Crippen LogP contribution in [0.3, 0.4) is 0 Å². The van der Waals surface area contributed by atoms with E-state index in [0.29, 0.717) is 6.04 Å². The van der Waals surface area contributed by atoms with Gasteiger partial charge in [0.15, 0.2) is 5.13 Å². The van der Waals surface area contributed by atoms with Crippen molar-refractivity contribution in [1.29, 1.82) is 0 Å². The van der Waals surface area contributed by atoms with Crippen LogP contribution in [0.5, 0.6) is 0 Å². The molecule has 1 aromatic heterocycles. The van der Waals surface area contributed by atoms with Crippen LogP contribution in [-0.2, 0) is 6.42 Å². The zero-order valence-electron chi connectivity index (χ0n) is 11.1. The zero-order chi connectivity index (χ0) is 13.9. The molecule has 4 heteroatoms. The maximum atomic E-state index is 4.63. The summed E-state index contributed by atoms with van der Waals surface area (Å²) in [5.74, 6) is 0. The molecule has 20 heavy (non-hydrogen) atoms. The van der Waals surface area contributed by atoms with Crippen molar-refractivity contribution >= 4 is 42.6 Å². The van der Waals surface area contributed by atoms with Crippen molar-refractivity contribution in [2.75, 3.05) is 5.32 Å². The van der Waals surface area contributed by atoms with E-state index in [2.05, 4.69) is 75.6 Å². The van der Waals surface area contributed by atoms with E-state index >= 15 is 0 Å². The van der Waals surface area contributed by atoms with E-state index in [1.807, 2.05) is 6.07 Å². The van der Waals surface area contributed by atoms with Crippen LogP contribution in [-0.4, -0.2) is 11.0 Å². The van der Waals surface area contributed by atoms with Crippen LogP contribution in [0.2, 0.25) is 0 Å². The molecule has 1 N–H and O–H groups in total. The molecule has 0 radical (unpaired) electrons. The molecular weight excluding hydrogens is 332 g/mol. The number of aromatic nitrogens is 1. The minimum Gasteiger partial charge on any atom is -0.359 e. The lowest BCUT2D eigenvalue weighted by molar-refractivity contribution is 0.789. The van der Waals surface area contributed by atoms with E-state index in [9.17, 15) is 0 Å². The molecule has 0 spiro atoms. The van der Waals surface area contributed by atoms with Crippen LogP contribution in [0, 0.1) is 0 Å². The molecular formula is C16H15BrN2S. The highest BCUT2D eigenvalue weighted by atomic mass is 79.9. The maximum Gasteiger partial charge on any atom is 0.184 e. The summed E-state index contributed by atoms with van der Waals surface area (Å²) in [5.41, 5.74) is 2.38. The van der Waals surface area contributed by atoms with Crippen molar-refractivity contribution in [3.63, 3.8) is 0 Å². The quantitative estimate of drug-likeness (QED) is 0.710. The van der Waals surface area contributed by atoms with E-state index in [0.717, 1.165) is 21.5 Å². The fourth-order valence-corrected chi connectivity index (χ4v) is 3.50. The first kappa shape index (κ1) is 13.6. The molecule has 0 saturated heterocycles. The first-order valence-corrected chi connectivity index (χ1v) is 8.18. The average molecular weight is 347 g/mol. The molecule has 2 nitrogen and oxygen atoms in total. The van der Waals surface area contributed by atoms with Gasteiger partial charge in [-0.2, -0.15) is 0 Å². The summed E-state index contributed by atoms with van der Waals surface area (Å²) < 4.78 is 2.28. The lowest BCUT2D eigenvalue weighted by Gasteiger charge is -2.12. The molecule has 1 atom stereocenters. The molecule has 0 amide bonds. The van der Waals surface area contributed by atoms with E-state index < -0.39 is 0 Å². The molecule has 0 fully saturated rings. The molecule has 0 aliphatic carbocycles. The van der Waals surface area contributed by atoms with E-state index in [4.69, 9.17) is 0 Å². The molecule has 0 aliphatic rings. The Bertz CT molecular complexity index is 709. The summed E-state index contributed by atoms with van der Waals surface area (Å²) in [6.45, 7) is 2.19. The van der Waals surface area contributed by atoms with Crippen molar-refractivity contribution in [2.45, 2.75) is 19.4 Å². The number of nitrogens with zero attached hydrogens (tertiary/aromatic N) is 1. The Hall–Kier alpha value is -1.39. The first-order valence-electron chi connectivity index (χ1n) is 6.57. The Morgan fingerprint density at radius 1 is 1.20 bits per heavy atom. The predicted octanol–water partition coefficient (Wildman–Crippen LogP) is 5.10. The van der Waals surface area contributed by atoms with Gasteiger partial charge in [0.05, 0.1) is 10.2 Å². The third-order valence-corrected chi connectivity index (χ3v) is 4.57. The molecule has 1 heterocycles. The van der Waals surface area contributed by atoms with Crippen molar-refractivity contribution in [1.82, 2.24) is 4.98 Å². The number of thiazole rings is 1. The Balaban J connectivity index is 1.72. The summed E-state index contributed by atoms with van der Waals surface area (Å²) in [6, 6.07) is 17.1. The van der Waals surface area contributed by atoms with Gasteiger partial charge >= 0.3 is 0 Å². The molecule has 2 aromatic carbocycles. The monoisotopic (exact) mass is 346 g/mol. The molecule has 3 rings (SSSR count). The van der Waals surface area contributed by atoms with Gasteiger partial charge in [-0.25, -0.2) is 4.98 Å². The minimum atomic E-state index is 0.362. The number of rotatable bonds is 4. The van der Waals surface area contributed by atoms with Crippen LogP contribution in [0.25, 0.3) is 10.2 Å². The van der Waals surface area contributed by atoms with Crippen LogP contribution >= 0.6 is 27.3 Å². The smallest absolute Gasteiger partial charge is 0.184 e. The van der Waals surface area contributed by atoms with Gasteiger partial charge in [0.1, 0.15) is 0 Å². The molecule has 102 valence electrons. The van der Waals surface area contributed by atoms with Gasteiger partial charge in [0.2, 0.25) is 0 Å². The highest BCUT2D eigenvalue weighted by molar-refractivity contribution is 9.10. The van der Waals surface area contributed by atoms with E-state index in [1.54, 1.807) is 11.3 Å². The number of anilines is 1. The third-order valence-electron chi connectivity index (χ3n) is 3.10. The summed E-state index contributed by atoms with van der Waals surface area (Å²) in [6.07, 6.45) is 1.00. The maximum absolute atomic E-state index is 4.63. The topological polar surface area (TPSA) is 24.9 Å². The van der Waals surface area contributed by atoms with Gasteiger partial charge in [-0.15, -0.1) is 0 Å². The largest absolute Gasteiger partial charge is 0.359 e. The van der Waals surface area contributed by atoms with Crippen LogP contribution in [0.1, 0.15) is 12.5 Å². The van der Waals surface area contributed by atoms with Gasteiger partial charge in [0, 0.05) is 10.5 Å². The third kappa shape index (κ3) is 3.19. The number of fused-ring (bicyclic) bond motifs is 1.